The maximum atomic E-state index is 11.6. The second-order valence-electron chi connectivity index (χ2n) is 6.71. The molecule has 6 nitrogen and oxygen atoms in total. The first-order chi connectivity index (χ1) is 9.97. The van der Waals surface area contributed by atoms with Crippen molar-refractivity contribution in [2.75, 3.05) is 13.2 Å². The number of hydrogen-bond acceptors (Lipinski definition) is 4. The van der Waals surface area contributed by atoms with E-state index in [4.69, 9.17) is 9.47 Å². The minimum Gasteiger partial charge on any atom is -0.481 e. The van der Waals surface area contributed by atoms with Gasteiger partial charge < -0.3 is 19.7 Å². The van der Waals surface area contributed by atoms with Gasteiger partial charge in [0.25, 0.3) is 0 Å². The molecule has 6 heteroatoms. The highest BCUT2D eigenvalue weighted by atomic mass is 16.6. The summed E-state index contributed by atoms with van der Waals surface area (Å²) in [5, 5.41) is 19.0. The van der Waals surface area contributed by atoms with E-state index in [1.54, 1.807) is 0 Å². The minimum atomic E-state index is -0.988. The van der Waals surface area contributed by atoms with Gasteiger partial charge in [0.2, 0.25) is 0 Å². The van der Waals surface area contributed by atoms with Crippen LogP contribution in [0.15, 0.2) is 0 Å². The Morgan fingerprint density at radius 2 is 1.62 bits per heavy atom. The van der Waals surface area contributed by atoms with Crippen LogP contribution in [-0.4, -0.2) is 47.6 Å². The number of hydrogen-bond donors (Lipinski definition) is 2. The van der Waals surface area contributed by atoms with E-state index in [0.29, 0.717) is 19.4 Å². The maximum Gasteiger partial charge on any atom is 0.307 e. The smallest absolute Gasteiger partial charge is 0.307 e. The van der Waals surface area contributed by atoms with Crippen molar-refractivity contribution in [1.29, 1.82) is 0 Å². The summed E-state index contributed by atoms with van der Waals surface area (Å²) < 4.78 is 10.5. The summed E-state index contributed by atoms with van der Waals surface area (Å²) >= 11 is 0. The summed E-state index contributed by atoms with van der Waals surface area (Å²) in [5.41, 5.74) is 0. The number of rotatable bonds is 6. The molecule has 0 bridgehead atoms. The summed E-state index contributed by atoms with van der Waals surface area (Å²) in [5.74, 6) is -3.30. The van der Waals surface area contributed by atoms with E-state index >= 15 is 0 Å². The van der Waals surface area contributed by atoms with Crippen LogP contribution in [-0.2, 0) is 19.1 Å². The summed E-state index contributed by atoms with van der Waals surface area (Å²) in [6.07, 6.45) is 2.30. The highest BCUT2D eigenvalue weighted by molar-refractivity contribution is 5.80. The molecule has 7 unspecified atom stereocenters. The van der Waals surface area contributed by atoms with E-state index in [1.807, 2.05) is 0 Å². The van der Waals surface area contributed by atoms with Crippen LogP contribution in [0.3, 0.4) is 0 Å². The standard InChI is InChI=1S/C15H22O6/c1-7-8(2-9-5-20-9)3-12(14(16)17)13(15(18)19)11(7)4-10-6-21-10/h7-13H,2-6H2,1H3,(H,16,17)(H,18,19). The second kappa shape index (κ2) is 5.57. The molecule has 1 saturated carbocycles. The van der Waals surface area contributed by atoms with Crippen LogP contribution in [0.25, 0.3) is 0 Å². The number of carboxylic acids is 2. The largest absolute Gasteiger partial charge is 0.481 e. The van der Waals surface area contributed by atoms with Gasteiger partial charge in [0.1, 0.15) is 0 Å². The SMILES string of the molecule is CC1C(CC2CO2)CC(C(=O)O)C(C(=O)O)C1CC1CO1. The molecule has 21 heavy (non-hydrogen) atoms. The molecule has 0 spiro atoms. The third-order valence-corrected chi connectivity index (χ3v) is 5.38. The first-order valence-corrected chi connectivity index (χ1v) is 7.66. The Bertz CT molecular complexity index is 428. The summed E-state index contributed by atoms with van der Waals surface area (Å²) in [7, 11) is 0. The molecule has 2 saturated heterocycles. The number of carbonyl (C=O) groups is 2. The van der Waals surface area contributed by atoms with Gasteiger partial charge in [-0.25, -0.2) is 0 Å². The molecule has 7 atom stereocenters. The van der Waals surface area contributed by atoms with Gasteiger partial charge in [-0.2, -0.15) is 0 Å². The molecule has 2 N–H and O–H groups in total. The summed E-state index contributed by atoms with van der Waals surface area (Å²) in [4.78, 5) is 23.2. The molecule has 3 rings (SSSR count). The van der Waals surface area contributed by atoms with Crippen molar-refractivity contribution in [2.24, 2.45) is 29.6 Å². The zero-order valence-electron chi connectivity index (χ0n) is 12.1. The fraction of sp³-hybridized carbons (Fsp3) is 0.867. The van der Waals surface area contributed by atoms with Crippen LogP contribution in [0.1, 0.15) is 26.2 Å². The fourth-order valence-corrected chi connectivity index (χ4v) is 3.99. The molecule has 3 fully saturated rings. The molecule has 1 aliphatic carbocycles. The Hall–Kier alpha value is -1.14. The van der Waals surface area contributed by atoms with Crippen LogP contribution < -0.4 is 0 Å². The van der Waals surface area contributed by atoms with Crippen molar-refractivity contribution in [3.8, 4) is 0 Å². The average molecular weight is 298 g/mol. The van der Waals surface area contributed by atoms with Crippen molar-refractivity contribution in [3.63, 3.8) is 0 Å². The Balaban J connectivity index is 1.81. The molecule has 118 valence electrons. The Morgan fingerprint density at radius 3 is 2.10 bits per heavy atom. The monoisotopic (exact) mass is 298 g/mol. The maximum absolute atomic E-state index is 11.6. The summed E-state index contributed by atoms with van der Waals surface area (Å²) in [6.45, 7) is 3.48. The van der Waals surface area contributed by atoms with Gasteiger partial charge in [-0.3, -0.25) is 9.59 Å². The predicted octanol–water partition coefficient (Wildman–Crippen LogP) is 1.24. The quantitative estimate of drug-likeness (QED) is 0.716. The molecule has 3 aliphatic rings. The number of carboxylic acid groups (broad SMARTS) is 2. The van der Waals surface area contributed by atoms with E-state index in [2.05, 4.69) is 6.92 Å². The van der Waals surface area contributed by atoms with Crippen molar-refractivity contribution < 1.29 is 29.3 Å². The third-order valence-electron chi connectivity index (χ3n) is 5.38. The number of ether oxygens (including phenoxy) is 2. The molecule has 0 aromatic rings. The molecule has 0 radical (unpaired) electrons. The Kier molecular flexibility index (Phi) is 3.92. The van der Waals surface area contributed by atoms with Crippen molar-refractivity contribution in [2.45, 2.75) is 38.4 Å². The average Bonchev–Trinajstić information content (AvgIpc) is 3.28. The van der Waals surface area contributed by atoms with Crippen LogP contribution in [0.4, 0.5) is 0 Å². The van der Waals surface area contributed by atoms with Gasteiger partial charge in [-0.1, -0.05) is 6.92 Å². The van der Waals surface area contributed by atoms with Crippen molar-refractivity contribution in [1.82, 2.24) is 0 Å². The zero-order chi connectivity index (χ0) is 15.1. The molecule has 2 heterocycles. The van der Waals surface area contributed by atoms with Gasteiger partial charge in [0.15, 0.2) is 0 Å². The first kappa shape index (κ1) is 14.8. The Labute approximate surface area is 123 Å². The molecule has 2 aliphatic heterocycles. The lowest BCUT2D eigenvalue weighted by molar-refractivity contribution is -0.162. The van der Waals surface area contributed by atoms with Crippen LogP contribution in [0, 0.1) is 29.6 Å². The van der Waals surface area contributed by atoms with E-state index in [0.717, 1.165) is 13.0 Å². The minimum absolute atomic E-state index is 0.115. The predicted molar refractivity (Wildman–Crippen MR) is 71.7 cm³/mol. The van der Waals surface area contributed by atoms with Crippen LogP contribution >= 0.6 is 0 Å². The van der Waals surface area contributed by atoms with Gasteiger partial charge in [-0.15, -0.1) is 0 Å². The topological polar surface area (TPSA) is 99.7 Å². The second-order valence-corrected chi connectivity index (χ2v) is 6.71. The van der Waals surface area contributed by atoms with Gasteiger partial charge in [-0.05, 0) is 37.0 Å². The normalized spacial score (nSPS) is 45.1. The highest BCUT2D eigenvalue weighted by Crippen LogP contribution is 2.48. The van der Waals surface area contributed by atoms with Crippen LogP contribution in [0.5, 0.6) is 0 Å². The van der Waals surface area contributed by atoms with E-state index in [-0.39, 0.29) is 30.0 Å². The number of epoxide rings is 2. The van der Waals surface area contributed by atoms with Gasteiger partial charge in [0, 0.05) is 0 Å². The van der Waals surface area contributed by atoms with E-state index in [1.165, 1.54) is 0 Å². The Morgan fingerprint density at radius 1 is 1.05 bits per heavy atom. The lowest BCUT2D eigenvalue weighted by Gasteiger charge is -2.43. The third kappa shape index (κ3) is 3.21. The lowest BCUT2D eigenvalue weighted by Crippen LogP contribution is -2.46. The molecule has 0 aromatic heterocycles. The summed E-state index contributed by atoms with van der Waals surface area (Å²) in [6, 6.07) is 0. The van der Waals surface area contributed by atoms with Gasteiger partial charge in [0.05, 0.1) is 37.3 Å². The highest BCUT2D eigenvalue weighted by Gasteiger charge is 2.51. The zero-order valence-corrected chi connectivity index (χ0v) is 12.1. The lowest BCUT2D eigenvalue weighted by atomic mass is 9.60. The van der Waals surface area contributed by atoms with E-state index < -0.39 is 23.8 Å². The molecule has 0 amide bonds. The first-order valence-electron chi connectivity index (χ1n) is 7.66. The van der Waals surface area contributed by atoms with E-state index in [9.17, 15) is 19.8 Å². The molecular formula is C15H22O6. The molecule has 0 aromatic carbocycles. The van der Waals surface area contributed by atoms with Gasteiger partial charge >= 0.3 is 11.9 Å². The molecular weight excluding hydrogens is 276 g/mol. The number of aliphatic carboxylic acids is 2. The van der Waals surface area contributed by atoms with Crippen LogP contribution in [0.2, 0.25) is 0 Å². The fourth-order valence-electron chi connectivity index (χ4n) is 3.99. The van der Waals surface area contributed by atoms with Crippen molar-refractivity contribution >= 4 is 11.9 Å². The van der Waals surface area contributed by atoms with Crippen molar-refractivity contribution in [3.05, 3.63) is 0 Å².